The molecular formula is C31H38N4O5S. The van der Waals surface area contributed by atoms with Gasteiger partial charge >= 0.3 is 0 Å². The molecule has 0 spiro atoms. The lowest BCUT2D eigenvalue weighted by Crippen LogP contribution is -2.31. The van der Waals surface area contributed by atoms with Gasteiger partial charge in [0, 0.05) is 56.6 Å². The van der Waals surface area contributed by atoms with Gasteiger partial charge in [-0.3, -0.25) is 9.59 Å². The van der Waals surface area contributed by atoms with E-state index in [1.807, 2.05) is 48.5 Å². The Kier molecular flexibility index (Phi) is 12.1. The minimum absolute atomic E-state index is 0.000613. The second-order valence-electron chi connectivity index (χ2n) is 10.0. The van der Waals surface area contributed by atoms with Crippen LogP contribution in [0.1, 0.15) is 73.7 Å². The number of aromatic nitrogens is 2. The second-order valence-corrected chi connectivity index (χ2v) is 11.0. The molecule has 2 aromatic carbocycles. The average Bonchev–Trinajstić information content (AvgIpc) is 3.01. The molecule has 0 unspecified atom stereocenters. The van der Waals surface area contributed by atoms with E-state index in [1.165, 1.54) is 6.92 Å². The fourth-order valence-corrected chi connectivity index (χ4v) is 5.30. The number of nitrogens with zero attached hydrogens (tertiary/aromatic N) is 2. The highest BCUT2D eigenvalue weighted by molar-refractivity contribution is 7.99. The van der Waals surface area contributed by atoms with Crippen LogP contribution in [0, 0.1) is 0 Å². The summed E-state index contributed by atoms with van der Waals surface area (Å²) in [5.74, 6) is 0.679. The number of hydrogen-bond donors (Lipinski definition) is 3. The van der Waals surface area contributed by atoms with E-state index < -0.39 is 6.29 Å². The molecule has 218 valence electrons. The molecule has 3 atom stereocenters. The number of nitrogens with one attached hydrogen (secondary N) is 2. The molecule has 0 aliphatic carbocycles. The molecule has 0 radical (unpaired) electrons. The van der Waals surface area contributed by atoms with Crippen LogP contribution >= 0.6 is 11.8 Å². The van der Waals surface area contributed by atoms with Gasteiger partial charge in [-0.05, 0) is 35.6 Å². The Morgan fingerprint density at radius 3 is 2.34 bits per heavy atom. The van der Waals surface area contributed by atoms with Crippen molar-refractivity contribution in [3.05, 3.63) is 89.2 Å². The van der Waals surface area contributed by atoms with Crippen LogP contribution in [-0.4, -0.2) is 45.3 Å². The Morgan fingerprint density at radius 2 is 1.63 bits per heavy atom. The Bertz CT molecular complexity index is 1230. The lowest BCUT2D eigenvalue weighted by atomic mass is 10.0. The minimum Gasteiger partial charge on any atom is -0.392 e. The monoisotopic (exact) mass is 578 g/mol. The summed E-state index contributed by atoms with van der Waals surface area (Å²) in [6.45, 7) is 2.61. The van der Waals surface area contributed by atoms with E-state index in [9.17, 15) is 14.7 Å². The molecule has 0 saturated carbocycles. The summed E-state index contributed by atoms with van der Waals surface area (Å²) in [5.41, 5.74) is 3.79. The van der Waals surface area contributed by atoms with Crippen LogP contribution < -0.4 is 10.6 Å². The van der Waals surface area contributed by atoms with E-state index in [0.717, 1.165) is 41.5 Å². The Labute approximate surface area is 245 Å². The van der Waals surface area contributed by atoms with Crippen LogP contribution in [0.3, 0.4) is 0 Å². The summed E-state index contributed by atoms with van der Waals surface area (Å²) in [5, 5.41) is 15.9. The van der Waals surface area contributed by atoms with Crippen molar-refractivity contribution in [1.29, 1.82) is 0 Å². The van der Waals surface area contributed by atoms with Crippen molar-refractivity contribution < 1.29 is 24.2 Å². The van der Waals surface area contributed by atoms with Crippen molar-refractivity contribution in [2.45, 2.75) is 75.8 Å². The molecule has 1 aliphatic rings. The fraction of sp³-hybridized carbons (Fsp3) is 0.419. The largest absolute Gasteiger partial charge is 0.392 e. The van der Waals surface area contributed by atoms with Crippen LogP contribution in [0.4, 0.5) is 0 Å². The summed E-state index contributed by atoms with van der Waals surface area (Å²) in [6.07, 6.45) is 6.38. The number of aliphatic hydroxyl groups is 1. The molecule has 41 heavy (non-hydrogen) atoms. The first-order valence-electron chi connectivity index (χ1n) is 14.0. The van der Waals surface area contributed by atoms with Gasteiger partial charge in [-0.1, -0.05) is 66.7 Å². The van der Waals surface area contributed by atoms with Crippen LogP contribution in [0.25, 0.3) is 0 Å². The van der Waals surface area contributed by atoms with Gasteiger partial charge in [0.15, 0.2) is 11.4 Å². The third-order valence-corrected chi connectivity index (χ3v) is 7.76. The van der Waals surface area contributed by atoms with E-state index in [1.54, 1.807) is 30.2 Å². The number of rotatable bonds is 14. The first-order chi connectivity index (χ1) is 20.0. The van der Waals surface area contributed by atoms with Gasteiger partial charge < -0.3 is 25.2 Å². The van der Waals surface area contributed by atoms with E-state index in [-0.39, 0.29) is 30.6 Å². The molecule has 1 saturated heterocycles. The molecule has 1 aliphatic heterocycles. The molecule has 3 aromatic rings. The summed E-state index contributed by atoms with van der Waals surface area (Å²) >= 11 is 1.56. The number of amides is 2. The van der Waals surface area contributed by atoms with Gasteiger partial charge in [0.05, 0.1) is 18.8 Å². The normalized spacial score (nSPS) is 18.5. The summed E-state index contributed by atoms with van der Waals surface area (Å²) in [6, 6.07) is 17.6. The van der Waals surface area contributed by atoms with Gasteiger partial charge in [0.1, 0.15) is 0 Å². The first-order valence-corrected chi connectivity index (χ1v) is 15.0. The first kappa shape index (κ1) is 30.6. The van der Waals surface area contributed by atoms with Gasteiger partial charge in [-0.15, -0.1) is 0 Å². The smallest absolute Gasteiger partial charge is 0.220 e. The van der Waals surface area contributed by atoms with Gasteiger partial charge in [-0.2, -0.15) is 0 Å². The third kappa shape index (κ3) is 10.2. The van der Waals surface area contributed by atoms with E-state index in [0.29, 0.717) is 36.8 Å². The zero-order chi connectivity index (χ0) is 28.9. The average molecular weight is 579 g/mol. The maximum absolute atomic E-state index is 12.2. The zero-order valence-electron chi connectivity index (χ0n) is 23.3. The minimum atomic E-state index is -0.547. The molecule has 2 amide bonds. The number of thioether (sulfide) groups is 1. The number of carbonyl (C=O) groups excluding carboxylic acids is 2. The molecule has 1 aromatic heterocycles. The zero-order valence-corrected chi connectivity index (χ0v) is 24.1. The quantitative estimate of drug-likeness (QED) is 0.144. The topological polar surface area (TPSA) is 123 Å². The summed E-state index contributed by atoms with van der Waals surface area (Å²) < 4.78 is 12.8. The van der Waals surface area contributed by atoms with E-state index in [2.05, 4.69) is 20.6 Å². The highest BCUT2D eigenvalue weighted by atomic mass is 32.2. The van der Waals surface area contributed by atoms with E-state index in [4.69, 9.17) is 9.47 Å². The number of aliphatic hydroxyl groups excluding tert-OH is 1. The van der Waals surface area contributed by atoms with Crippen LogP contribution in [0.15, 0.2) is 72.1 Å². The fourth-order valence-electron chi connectivity index (χ4n) is 4.48. The number of ether oxygens (including phenoxy) is 2. The highest BCUT2D eigenvalue weighted by Gasteiger charge is 2.32. The van der Waals surface area contributed by atoms with Gasteiger partial charge in [0.25, 0.3) is 0 Å². The lowest BCUT2D eigenvalue weighted by molar-refractivity contribution is -0.245. The van der Waals surface area contributed by atoms with Crippen molar-refractivity contribution >= 4 is 23.6 Å². The lowest BCUT2D eigenvalue weighted by Gasteiger charge is -2.36. The number of hydrogen-bond acceptors (Lipinski definition) is 8. The Hall–Kier alpha value is -3.31. The molecule has 1 fully saturated rings. The number of carbonyl (C=O) groups is 2. The van der Waals surface area contributed by atoms with Crippen molar-refractivity contribution in [3.8, 4) is 0 Å². The van der Waals surface area contributed by atoms with Crippen molar-refractivity contribution in [1.82, 2.24) is 20.6 Å². The molecule has 2 heterocycles. The SMILES string of the molecule is CC(=O)NCCCCCC(=O)NCc1ccc([C@@H]2O[C@H](CSc3ncccn3)C[C@H](c3ccc(CO)cc3)O2)cc1. The molecule has 10 heteroatoms. The number of benzene rings is 2. The summed E-state index contributed by atoms with van der Waals surface area (Å²) in [7, 11) is 0. The Balaban J connectivity index is 1.32. The highest BCUT2D eigenvalue weighted by Crippen LogP contribution is 2.39. The van der Waals surface area contributed by atoms with Gasteiger partial charge in [-0.25, -0.2) is 9.97 Å². The van der Waals surface area contributed by atoms with Crippen molar-refractivity contribution in [2.75, 3.05) is 12.3 Å². The third-order valence-electron chi connectivity index (χ3n) is 6.75. The van der Waals surface area contributed by atoms with Gasteiger partial charge in [0.2, 0.25) is 11.8 Å². The van der Waals surface area contributed by atoms with Crippen LogP contribution in [0.5, 0.6) is 0 Å². The van der Waals surface area contributed by atoms with Crippen LogP contribution in [-0.2, 0) is 32.2 Å². The predicted molar refractivity (Wildman–Crippen MR) is 157 cm³/mol. The van der Waals surface area contributed by atoms with Crippen LogP contribution in [0.2, 0.25) is 0 Å². The maximum atomic E-state index is 12.2. The maximum Gasteiger partial charge on any atom is 0.220 e. The van der Waals surface area contributed by atoms with E-state index >= 15 is 0 Å². The molecule has 3 N–H and O–H groups in total. The molecule has 4 rings (SSSR count). The molecule has 9 nitrogen and oxygen atoms in total. The Morgan fingerprint density at radius 1 is 0.927 bits per heavy atom. The standard InChI is InChI=1S/C31H38N4O5S/c1-22(37)32-15-4-2-3-6-29(38)35-19-23-7-13-26(14-8-23)30-39-27(21-41-31-33-16-5-17-34-31)18-28(40-30)25-11-9-24(20-36)10-12-25/h5,7-14,16-17,27-28,30,36H,2-4,6,15,18-21H2,1H3,(H,32,37)(H,35,38)/t27-,28+,30+/m0/s1. The molecular weight excluding hydrogens is 540 g/mol. The van der Waals surface area contributed by atoms with Crippen molar-refractivity contribution in [2.24, 2.45) is 0 Å². The predicted octanol–water partition coefficient (Wildman–Crippen LogP) is 4.62. The van der Waals surface area contributed by atoms with Crippen molar-refractivity contribution in [3.63, 3.8) is 0 Å². The number of unbranched alkanes of at least 4 members (excludes halogenated alkanes) is 2. The summed E-state index contributed by atoms with van der Waals surface area (Å²) in [4.78, 5) is 31.8. The second kappa shape index (κ2) is 16.2. The molecule has 0 bridgehead atoms.